The van der Waals surface area contributed by atoms with Crippen LogP contribution in [-0.2, 0) is 19.2 Å². The summed E-state index contributed by atoms with van der Waals surface area (Å²) in [7, 11) is 0. The minimum atomic E-state index is -1.04. The predicted molar refractivity (Wildman–Crippen MR) is 186 cm³/mol. The summed E-state index contributed by atoms with van der Waals surface area (Å²) < 4.78 is 5.72. The second-order valence-corrected chi connectivity index (χ2v) is 11.8. The van der Waals surface area contributed by atoms with E-state index in [-0.39, 0.29) is 30.6 Å². The number of unbranched alkanes of at least 4 members (excludes halogenated alkanes) is 1. The van der Waals surface area contributed by atoms with Crippen molar-refractivity contribution in [3.63, 3.8) is 0 Å². The lowest BCUT2D eigenvalue weighted by molar-refractivity contribution is -0.136. The van der Waals surface area contributed by atoms with Gasteiger partial charge in [0.15, 0.2) is 0 Å². The first-order chi connectivity index (χ1) is 24.6. The molecular weight excluding hydrogens is 658 g/mol. The number of H-pyrrole nitrogens is 1. The average Bonchev–Trinajstić information content (AvgIpc) is 3.67. The fraction of sp³-hybridized carbons (Fsp3) is 0.194. The Kier molecular flexibility index (Phi) is 10.2. The average molecular weight is 692 g/mol. The summed E-state index contributed by atoms with van der Waals surface area (Å²) in [6.45, 7) is 0.601. The Morgan fingerprint density at radius 1 is 0.784 bits per heavy atom. The zero-order valence-electron chi connectivity index (χ0n) is 27.1. The van der Waals surface area contributed by atoms with E-state index in [1.54, 1.807) is 36.4 Å². The van der Waals surface area contributed by atoms with Crippen LogP contribution in [0.25, 0.3) is 10.9 Å². The van der Waals surface area contributed by atoms with Crippen LogP contribution in [0.15, 0.2) is 85.1 Å². The maximum Gasteiger partial charge on any atom is 0.323 e. The van der Waals surface area contributed by atoms with Crippen LogP contribution >= 0.6 is 0 Å². The Morgan fingerprint density at radius 3 is 2.27 bits per heavy atom. The standard InChI is InChI=1S/C36H33N7O8/c44-30(13-14-31(45)39-22-3-5-23(6-4-22)40-36(50)41-24-7-10-28-21(19-24)15-17-37-28)38-16-1-2-18-51-25-8-9-26-27(20-25)35(49)43(34(26)48)29-11-12-32(46)42-33(29)47/h3-10,13-15,17,19-20,29,37H,1-2,11-12,16,18H2,(H,38,44)(H,39,45)(H2,40,41,50)(H,42,46,47)/b14-13+. The number of carbonyl (C=O) groups is 7. The van der Waals surface area contributed by atoms with E-state index in [1.165, 1.54) is 12.1 Å². The van der Waals surface area contributed by atoms with Gasteiger partial charge in [0, 0.05) is 59.3 Å². The van der Waals surface area contributed by atoms with Gasteiger partial charge in [0.2, 0.25) is 23.6 Å². The smallest absolute Gasteiger partial charge is 0.323 e. The van der Waals surface area contributed by atoms with Crippen molar-refractivity contribution in [3.05, 3.63) is 96.2 Å². The van der Waals surface area contributed by atoms with Crippen molar-refractivity contribution in [3.8, 4) is 5.75 Å². The summed E-state index contributed by atoms with van der Waals surface area (Å²) in [6, 6.07) is 17.0. The molecule has 6 N–H and O–H groups in total. The number of nitrogens with one attached hydrogen (secondary N) is 6. The van der Waals surface area contributed by atoms with Crippen LogP contribution in [0.1, 0.15) is 46.4 Å². The second kappa shape index (κ2) is 15.2. The molecule has 0 bridgehead atoms. The summed E-state index contributed by atoms with van der Waals surface area (Å²) >= 11 is 0. The lowest BCUT2D eigenvalue weighted by Crippen LogP contribution is -2.54. The van der Waals surface area contributed by atoms with Gasteiger partial charge < -0.3 is 31.0 Å². The molecule has 1 atom stereocenters. The molecule has 4 aromatic rings. The van der Waals surface area contributed by atoms with Crippen molar-refractivity contribution in [1.29, 1.82) is 0 Å². The number of benzene rings is 3. The van der Waals surface area contributed by atoms with Crippen LogP contribution in [0.5, 0.6) is 5.75 Å². The minimum absolute atomic E-state index is 0.0385. The molecule has 1 fully saturated rings. The fourth-order valence-electron chi connectivity index (χ4n) is 5.62. The van der Waals surface area contributed by atoms with Gasteiger partial charge in [-0.1, -0.05) is 0 Å². The van der Waals surface area contributed by atoms with Crippen LogP contribution in [0.2, 0.25) is 0 Å². The molecule has 260 valence electrons. The van der Waals surface area contributed by atoms with E-state index in [9.17, 15) is 33.6 Å². The number of piperidine rings is 1. The minimum Gasteiger partial charge on any atom is -0.494 e. The largest absolute Gasteiger partial charge is 0.494 e. The lowest BCUT2D eigenvalue weighted by atomic mass is 10.0. The molecule has 15 heteroatoms. The maximum absolute atomic E-state index is 13.0. The number of hydrogen-bond acceptors (Lipinski definition) is 8. The van der Waals surface area contributed by atoms with Gasteiger partial charge in [0.1, 0.15) is 11.8 Å². The molecule has 3 heterocycles. The van der Waals surface area contributed by atoms with Gasteiger partial charge in [0.25, 0.3) is 11.8 Å². The Hall–Kier alpha value is -6.77. The Morgan fingerprint density at radius 2 is 1.49 bits per heavy atom. The summed E-state index contributed by atoms with van der Waals surface area (Å²) in [5.41, 5.74) is 2.89. The van der Waals surface area contributed by atoms with Crippen LogP contribution < -0.4 is 31.3 Å². The number of amides is 8. The van der Waals surface area contributed by atoms with E-state index in [2.05, 4.69) is 31.6 Å². The number of nitrogens with zero attached hydrogens (tertiary/aromatic N) is 1. The van der Waals surface area contributed by atoms with Gasteiger partial charge >= 0.3 is 6.03 Å². The first kappa shape index (κ1) is 34.1. The van der Waals surface area contributed by atoms with Crippen molar-refractivity contribution in [2.45, 2.75) is 31.7 Å². The molecule has 2 aliphatic heterocycles. The molecule has 0 saturated carbocycles. The zero-order valence-corrected chi connectivity index (χ0v) is 27.1. The highest BCUT2D eigenvalue weighted by molar-refractivity contribution is 6.23. The van der Waals surface area contributed by atoms with Crippen molar-refractivity contribution >= 4 is 69.4 Å². The van der Waals surface area contributed by atoms with Crippen molar-refractivity contribution in [2.24, 2.45) is 0 Å². The highest BCUT2D eigenvalue weighted by Crippen LogP contribution is 2.30. The predicted octanol–water partition coefficient (Wildman–Crippen LogP) is 3.68. The van der Waals surface area contributed by atoms with Crippen LogP contribution in [0.4, 0.5) is 21.9 Å². The summed E-state index contributed by atoms with van der Waals surface area (Å²) in [5, 5.41) is 14.0. The SMILES string of the molecule is O=C(/C=C/C(=O)Nc1ccc(NC(=O)Nc2ccc3[nH]ccc3c2)cc1)NCCCCOc1ccc2c(c1)C(=O)N(C1CCC(=O)NC1=O)C2=O. The number of anilines is 3. The molecule has 15 nitrogen and oxygen atoms in total. The van der Waals surface area contributed by atoms with Gasteiger partial charge in [0.05, 0.1) is 17.7 Å². The Balaban J connectivity index is 0.865. The van der Waals surface area contributed by atoms with E-state index < -0.39 is 47.5 Å². The third-order valence-electron chi connectivity index (χ3n) is 8.16. The van der Waals surface area contributed by atoms with Crippen LogP contribution in [0, 0.1) is 0 Å². The Labute approximate surface area is 290 Å². The lowest BCUT2D eigenvalue weighted by Gasteiger charge is -2.27. The van der Waals surface area contributed by atoms with Gasteiger partial charge in [-0.25, -0.2) is 4.79 Å². The van der Waals surface area contributed by atoms with Crippen LogP contribution in [0.3, 0.4) is 0 Å². The number of urea groups is 1. The number of aromatic nitrogens is 1. The second-order valence-electron chi connectivity index (χ2n) is 11.8. The highest BCUT2D eigenvalue weighted by atomic mass is 16.5. The molecule has 1 unspecified atom stereocenters. The molecular formula is C36H33N7O8. The van der Waals surface area contributed by atoms with Crippen molar-refractivity contribution in [2.75, 3.05) is 29.1 Å². The molecule has 0 spiro atoms. The van der Waals surface area contributed by atoms with Crippen molar-refractivity contribution < 1.29 is 38.3 Å². The third kappa shape index (κ3) is 8.28. The van der Waals surface area contributed by atoms with E-state index in [0.717, 1.165) is 28.0 Å². The maximum atomic E-state index is 13.0. The number of ether oxygens (including phenoxy) is 1. The van der Waals surface area contributed by atoms with E-state index in [4.69, 9.17) is 4.74 Å². The van der Waals surface area contributed by atoms with E-state index in [1.807, 2.05) is 24.4 Å². The monoisotopic (exact) mass is 691 g/mol. The van der Waals surface area contributed by atoms with E-state index >= 15 is 0 Å². The molecule has 3 aromatic carbocycles. The number of aromatic amines is 1. The number of imide groups is 2. The summed E-state index contributed by atoms with van der Waals surface area (Å²) in [5.74, 6) is -2.91. The van der Waals surface area contributed by atoms with Gasteiger partial charge in [-0.2, -0.15) is 0 Å². The van der Waals surface area contributed by atoms with Gasteiger partial charge in [-0.3, -0.25) is 39.0 Å². The molecule has 2 aliphatic rings. The summed E-state index contributed by atoms with van der Waals surface area (Å²) in [6.07, 6.45) is 5.30. The quantitative estimate of drug-likeness (QED) is 0.0732. The van der Waals surface area contributed by atoms with Gasteiger partial charge in [-0.15, -0.1) is 0 Å². The third-order valence-corrected chi connectivity index (χ3v) is 8.16. The summed E-state index contributed by atoms with van der Waals surface area (Å²) in [4.78, 5) is 90.3. The van der Waals surface area contributed by atoms with Crippen molar-refractivity contribution in [1.82, 2.24) is 20.5 Å². The fourth-order valence-corrected chi connectivity index (χ4v) is 5.62. The first-order valence-electron chi connectivity index (χ1n) is 16.1. The molecule has 8 amide bonds. The zero-order chi connectivity index (χ0) is 35.9. The molecule has 1 aromatic heterocycles. The molecule has 51 heavy (non-hydrogen) atoms. The van der Waals surface area contributed by atoms with Gasteiger partial charge in [-0.05, 0) is 86.0 Å². The number of hydrogen-bond donors (Lipinski definition) is 6. The topological polar surface area (TPSA) is 208 Å². The van der Waals surface area contributed by atoms with Crippen LogP contribution in [-0.4, -0.2) is 70.6 Å². The Bertz CT molecular complexity index is 2070. The van der Waals surface area contributed by atoms with E-state index in [0.29, 0.717) is 42.2 Å². The first-order valence-corrected chi connectivity index (χ1v) is 16.1. The molecule has 6 rings (SSSR count). The molecule has 1 saturated heterocycles. The number of rotatable bonds is 12. The molecule has 0 aliphatic carbocycles. The number of fused-ring (bicyclic) bond motifs is 2. The normalized spacial score (nSPS) is 15.5. The highest BCUT2D eigenvalue weighted by Gasteiger charge is 2.44. The molecule has 0 radical (unpaired) electrons. The number of carbonyl (C=O) groups excluding carboxylic acids is 7.